The number of carbonyl (C=O) groups excluding carboxylic acids is 2. The zero-order valence-corrected chi connectivity index (χ0v) is 18.4. The van der Waals surface area contributed by atoms with E-state index in [9.17, 15) is 9.59 Å². The molecule has 1 unspecified atom stereocenters. The van der Waals surface area contributed by atoms with Crippen molar-refractivity contribution in [2.75, 3.05) is 32.3 Å². The Morgan fingerprint density at radius 2 is 1.70 bits per heavy atom. The SMILES string of the molecule is COC(=O)c1ccc2c(c1)C=CC1=NCN3CC12Cc1c3ccc2cc(C(=O)OC)ccc12. The maximum atomic E-state index is 12.1. The topological polar surface area (TPSA) is 68.2 Å². The van der Waals surface area contributed by atoms with Gasteiger partial charge in [-0.25, -0.2) is 9.59 Å². The molecule has 6 heteroatoms. The summed E-state index contributed by atoms with van der Waals surface area (Å²) in [5.74, 6) is -0.675. The molecular formula is C27H22N2O4. The minimum Gasteiger partial charge on any atom is -0.465 e. The van der Waals surface area contributed by atoms with Crippen molar-refractivity contribution in [1.82, 2.24) is 0 Å². The second-order valence-electron chi connectivity index (χ2n) is 8.76. The van der Waals surface area contributed by atoms with Gasteiger partial charge in [-0.3, -0.25) is 4.99 Å². The van der Waals surface area contributed by atoms with Gasteiger partial charge in [0.15, 0.2) is 0 Å². The Morgan fingerprint density at radius 1 is 0.939 bits per heavy atom. The van der Waals surface area contributed by atoms with Crippen molar-refractivity contribution in [3.05, 3.63) is 82.4 Å². The zero-order valence-electron chi connectivity index (χ0n) is 18.4. The fourth-order valence-corrected chi connectivity index (χ4v) is 5.57. The van der Waals surface area contributed by atoms with Gasteiger partial charge in [-0.1, -0.05) is 24.3 Å². The third-order valence-corrected chi connectivity index (χ3v) is 7.12. The van der Waals surface area contributed by atoms with Gasteiger partial charge >= 0.3 is 11.9 Å². The molecule has 3 aromatic rings. The Morgan fingerprint density at radius 3 is 2.48 bits per heavy atom. The monoisotopic (exact) mass is 438 g/mol. The Hall–Kier alpha value is -3.93. The Balaban J connectivity index is 1.52. The van der Waals surface area contributed by atoms with E-state index in [-0.39, 0.29) is 17.4 Å². The number of hydrogen-bond acceptors (Lipinski definition) is 6. The van der Waals surface area contributed by atoms with Crippen LogP contribution >= 0.6 is 0 Å². The van der Waals surface area contributed by atoms with Crippen LogP contribution in [0.25, 0.3) is 16.8 Å². The van der Waals surface area contributed by atoms with Crippen molar-refractivity contribution < 1.29 is 19.1 Å². The first-order valence-electron chi connectivity index (χ1n) is 10.9. The second kappa shape index (κ2) is 7.04. The van der Waals surface area contributed by atoms with Crippen LogP contribution < -0.4 is 4.90 Å². The molecular weight excluding hydrogens is 416 g/mol. The molecule has 3 aromatic carbocycles. The highest BCUT2D eigenvalue weighted by molar-refractivity contribution is 6.12. The number of allylic oxidation sites excluding steroid dienone is 1. The molecule has 2 heterocycles. The number of aliphatic imine (C=N–C) groups is 1. The number of benzene rings is 3. The zero-order chi connectivity index (χ0) is 22.7. The molecule has 164 valence electrons. The standard InChI is InChI=1S/C27H22N2O4/c1-32-25(30)18-3-7-20-16(11-18)5-9-23-21(20)13-27-14-29(23)15-28-24(27)10-6-17-12-19(26(31)33-2)4-8-22(17)27/h3-12H,13-15H2,1-2H3. The second-order valence-corrected chi connectivity index (χ2v) is 8.76. The molecule has 3 aliphatic rings. The van der Waals surface area contributed by atoms with Gasteiger partial charge in [-0.05, 0) is 70.3 Å². The number of ether oxygens (including phenoxy) is 2. The number of carbonyl (C=O) groups is 2. The molecule has 2 bridgehead atoms. The van der Waals surface area contributed by atoms with Gasteiger partial charge in [0, 0.05) is 17.9 Å². The van der Waals surface area contributed by atoms with Gasteiger partial charge in [-0.15, -0.1) is 0 Å². The fourth-order valence-electron chi connectivity index (χ4n) is 5.57. The molecule has 33 heavy (non-hydrogen) atoms. The van der Waals surface area contributed by atoms with Gasteiger partial charge < -0.3 is 14.4 Å². The summed E-state index contributed by atoms with van der Waals surface area (Å²) in [4.78, 5) is 31.4. The largest absolute Gasteiger partial charge is 0.465 e. The summed E-state index contributed by atoms with van der Waals surface area (Å²) in [6.45, 7) is 1.44. The summed E-state index contributed by atoms with van der Waals surface area (Å²) in [6, 6.07) is 15.7. The molecule has 2 aliphatic heterocycles. The van der Waals surface area contributed by atoms with Crippen molar-refractivity contribution in [1.29, 1.82) is 0 Å². The van der Waals surface area contributed by atoms with Crippen molar-refractivity contribution >= 4 is 40.2 Å². The first-order chi connectivity index (χ1) is 16.0. The first kappa shape index (κ1) is 19.7. The maximum Gasteiger partial charge on any atom is 0.337 e. The van der Waals surface area contributed by atoms with E-state index in [1.54, 1.807) is 0 Å². The van der Waals surface area contributed by atoms with Crippen LogP contribution in [0.4, 0.5) is 5.69 Å². The minimum atomic E-state index is -0.338. The van der Waals surface area contributed by atoms with Crippen LogP contribution in [0.5, 0.6) is 0 Å². The minimum absolute atomic E-state index is 0.292. The number of esters is 2. The highest BCUT2D eigenvalue weighted by Gasteiger charge is 2.47. The van der Waals surface area contributed by atoms with Gasteiger partial charge in [0.05, 0.1) is 30.8 Å². The third-order valence-electron chi connectivity index (χ3n) is 7.12. The highest BCUT2D eigenvalue weighted by atomic mass is 16.5. The van der Waals surface area contributed by atoms with E-state index in [1.807, 2.05) is 36.4 Å². The quantitative estimate of drug-likeness (QED) is 0.562. The normalized spacial score (nSPS) is 19.8. The lowest BCUT2D eigenvalue weighted by Gasteiger charge is -2.49. The average Bonchev–Trinajstić information content (AvgIpc) is 2.86. The van der Waals surface area contributed by atoms with E-state index < -0.39 is 0 Å². The first-order valence-corrected chi connectivity index (χ1v) is 10.9. The highest BCUT2D eigenvalue weighted by Crippen LogP contribution is 2.47. The van der Waals surface area contributed by atoms with E-state index in [0.717, 1.165) is 35.0 Å². The van der Waals surface area contributed by atoms with Crippen LogP contribution in [-0.4, -0.2) is 45.1 Å². The smallest absolute Gasteiger partial charge is 0.337 e. The molecule has 1 atom stereocenters. The molecule has 0 amide bonds. The predicted octanol–water partition coefficient (Wildman–Crippen LogP) is 4.15. The molecule has 0 radical (unpaired) electrons. The molecule has 1 aliphatic carbocycles. The van der Waals surface area contributed by atoms with E-state index in [4.69, 9.17) is 14.5 Å². The van der Waals surface area contributed by atoms with Gasteiger partial charge in [-0.2, -0.15) is 0 Å². The molecule has 1 spiro atoms. The number of nitrogens with zero attached hydrogens (tertiary/aromatic N) is 2. The summed E-state index contributed by atoms with van der Waals surface area (Å²) in [5.41, 5.74) is 6.51. The lowest BCUT2D eigenvalue weighted by Crippen LogP contribution is -2.55. The van der Waals surface area contributed by atoms with Crippen LogP contribution in [-0.2, 0) is 21.3 Å². The van der Waals surface area contributed by atoms with Gasteiger partial charge in [0.25, 0.3) is 0 Å². The van der Waals surface area contributed by atoms with Crippen molar-refractivity contribution in [2.24, 2.45) is 4.99 Å². The molecule has 0 saturated carbocycles. The van der Waals surface area contributed by atoms with Crippen LogP contribution in [0.15, 0.2) is 59.6 Å². The molecule has 6 rings (SSSR count). The van der Waals surface area contributed by atoms with E-state index >= 15 is 0 Å². The summed E-state index contributed by atoms with van der Waals surface area (Å²) in [7, 11) is 2.79. The third kappa shape index (κ3) is 2.76. The summed E-state index contributed by atoms with van der Waals surface area (Å²) in [5, 5.41) is 2.15. The summed E-state index contributed by atoms with van der Waals surface area (Å²) >= 11 is 0. The maximum absolute atomic E-state index is 12.1. The van der Waals surface area contributed by atoms with Gasteiger partial charge in [0.1, 0.15) is 6.67 Å². The number of rotatable bonds is 2. The molecule has 0 aromatic heterocycles. The molecule has 0 N–H and O–H groups in total. The molecule has 0 saturated heterocycles. The Kier molecular flexibility index (Phi) is 4.21. The van der Waals surface area contributed by atoms with Crippen LogP contribution in [0.3, 0.4) is 0 Å². The van der Waals surface area contributed by atoms with Crippen LogP contribution in [0, 0.1) is 0 Å². The van der Waals surface area contributed by atoms with E-state index in [0.29, 0.717) is 17.8 Å². The number of fused-ring (bicyclic) bond motifs is 6. The Labute approximate surface area is 191 Å². The summed E-state index contributed by atoms with van der Waals surface area (Å²) < 4.78 is 9.81. The molecule has 0 fully saturated rings. The predicted molar refractivity (Wildman–Crippen MR) is 127 cm³/mol. The number of hydrogen-bond donors (Lipinski definition) is 0. The average molecular weight is 438 g/mol. The lowest BCUT2D eigenvalue weighted by molar-refractivity contribution is 0.0592. The van der Waals surface area contributed by atoms with E-state index in [2.05, 4.69) is 29.2 Å². The van der Waals surface area contributed by atoms with Gasteiger partial charge in [0.2, 0.25) is 0 Å². The fraction of sp³-hybridized carbons (Fsp3) is 0.222. The summed E-state index contributed by atoms with van der Waals surface area (Å²) in [6.07, 6.45) is 4.93. The van der Waals surface area contributed by atoms with Crippen molar-refractivity contribution in [3.8, 4) is 0 Å². The van der Waals surface area contributed by atoms with Crippen LogP contribution in [0.1, 0.15) is 37.4 Å². The van der Waals surface area contributed by atoms with Crippen LogP contribution in [0.2, 0.25) is 0 Å². The lowest BCUT2D eigenvalue weighted by atomic mass is 9.64. The molecule has 6 nitrogen and oxygen atoms in total. The van der Waals surface area contributed by atoms with Crippen molar-refractivity contribution in [2.45, 2.75) is 11.8 Å². The Bertz CT molecular complexity index is 1420. The number of methoxy groups -OCH3 is 2. The number of anilines is 1. The van der Waals surface area contributed by atoms with Crippen molar-refractivity contribution in [3.63, 3.8) is 0 Å². The van der Waals surface area contributed by atoms with E-state index in [1.165, 1.54) is 31.0 Å².